The first-order valence-corrected chi connectivity index (χ1v) is 16.6. The van der Waals surface area contributed by atoms with E-state index in [1.165, 1.54) is 6.92 Å². The smallest absolute Gasteiger partial charge is 0.208 e. The Morgan fingerprint density at radius 2 is 0.852 bits per heavy atom. The zero-order chi connectivity index (χ0) is 45.8. The van der Waals surface area contributed by atoms with E-state index in [-0.39, 0.29) is 0 Å². The van der Waals surface area contributed by atoms with Crippen LogP contribution in [0.2, 0.25) is 0 Å². The summed E-state index contributed by atoms with van der Waals surface area (Å²) in [6, 6.07) is 0.338. The Hall–Kier alpha value is -9.28. The van der Waals surface area contributed by atoms with Gasteiger partial charge in [-0.15, -0.1) is 0 Å². The second kappa shape index (κ2) is 13.7. The molecule has 0 spiro atoms. The average Bonchev–Trinajstić information content (AvgIpc) is 3.62. The molecular formula is C38H30O23. The summed E-state index contributed by atoms with van der Waals surface area (Å²) in [5, 5.41) is 234. The van der Waals surface area contributed by atoms with Gasteiger partial charge in [0.2, 0.25) is 57.5 Å². The fourth-order valence-corrected chi connectivity index (χ4v) is 6.74. The van der Waals surface area contributed by atoms with Crippen LogP contribution in [0.1, 0.15) is 24.5 Å². The number of benzene rings is 5. The third-order valence-corrected chi connectivity index (χ3v) is 9.66. The molecule has 0 atom stereocenters. The highest BCUT2D eigenvalue weighted by atomic mass is 16.4. The number of aromatic hydroxyl groups is 19. The number of allylic oxidation sites excluding steroid dienone is 1. The number of hydrogen-bond acceptors (Lipinski definition) is 23. The molecule has 22 N–H and O–H groups in total. The molecule has 0 bridgehead atoms. The number of aliphatic hydroxyl groups is 3. The molecule has 0 aliphatic carbocycles. The molecule has 0 aliphatic heterocycles. The number of rotatable bonds is 6. The van der Waals surface area contributed by atoms with Crippen molar-refractivity contribution >= 4 is 33.3 Å². The van der Waals surface area contributed by atoms with Crippen LogP contribution in [-0.4, -0.2) is 112 Å². The second-order valence-electron chi connectivity index (χ2n) is 13.0. The van der Waals surface area contributed by atoms with Crippen LogP contribution in [0.3, 0.4) is 0 Å². The monoisotopic (exact) mass is 854 g/mol. The van der Waals surface area contributed by atoms with Crippen molar-refractivity contribution in [1.29, 1.82) is 0 Å². The van der Waals surface area contributed by atoms with E-state index < -0.39 is 199 Å². The minimum absolute atomic E-state index is 0.338. The maximum atomic E-state index is 12.3. The predicted molar refractivity (Wildman–Crippen MR) is 202 cm³/mol. The lowest BCUT2D eigenvalue weighted by Crippen LogP contribution is -2.32. The number of aliphatic hydroxyl groups excluding tert-OH is 3. The van der Waals surface area contributed by atoms with Crippen LogP contribution in [-0.2, 0) is 0 Å². The van der Waals surface area contributed by atoms with Gasteiger partial charge in [0, 0.05) is 21.9 Å². The Balaban J connectivity index is 2.11. The Morgan fingerprint density at radius 1 is 0.459 bits per heavy atom. The molecule has 0 saturated carbocycles. The minimum Gasteiger partial charge on any atom is -0.507 e. The Bertz CT molecular complexity index is 3100. The Labute approximate surface area is 334 Å². The molecule has 1 heterocycles. The van der Waals surface area contributed by atoms with Gasteiger partial charge in [0.25, 0.3) is 0 Å². The lowest BCUT2D eigenvalue weighted by atomic mass is 9.87. The van der Waals surface area contributed by atoms with E-state index in [1.54, 1.807) is 0 Å². The SMILES string of the molecule is C=C(O)/C(O)=C(CC)/C(c1c(O)c(O)c(O)c(O)c1O)=c1/c(O)cc(-c2c(O)c(O)c(O)c(O)c2O)c(O)/c1=C(/O)c1c(O)c(O)c(O)c2c1oc1c(O)c(O)c(O)c(O)c12. The van der Waals surface area contributed by atoms with Crippen LogP contribution < -0.4 is 10.4 Å². The van der Waals surface area contributed by atoms with Gasteiger partial charge >= 0.3 is 0 Å². The van der Waals surface area contributed by atoms with E-state index in [0.717, 1.165) is 0 Å². The van der Waals surface area contributed by atoms with Crippen molar-refractivity contribution in [3.8, 4) is 120 Å². The molecule has 6 rings (SSSR count). The van der Waals surface area contributed by atoms with Gasteiger partial charge in [-0.25, -0.2) is 0 Å². The molecule has 23 nitrogen and oxygen atoms in total. The van der Waals surface area contributed by atoms with Crippen LogP contribution in [0.25, 0.3) is 44.4 Å². The Kier molecular flexibility index (Phi) is 9.28. The third kappa shape index (κ3) is 5.44. The summed E-state index contributed by atoms with van der Waals surface area (Å²) in [4.78, 5) is 0. The van der Waals surface area contributed by atoms with E-state index in [0.29, 0.717) is 6.07 Å². The van der Waals surface area contributed by atoms with Crippen molar-refractivity contribution in [2.45, 2.75) is 13.3 Å². The van der Waals surface area contributed by atoms with Gasteiger partial charge in [0.15, 0.2) is 57.2 Å². The Morgan fingerprint density at radius 3 is 1.33 bits per heavy atom. The van der Waals surface area contributed by atoms with Crippen molar-refractivity contribution < 1.29 is 117 Å². The predicted octanol–water partition coefficient (Wildman–Crippen LogP) is 2.87. The summed E-state index contributed by atoms with van der Waals surface area (Å²) < 4.78 is 5.48. The second-order valence-corrected chi connectivity index (χ2v) is 13.0. The van der Waals surface area contributed by atoms with E-state index in [2.05, 4.69) is 6.58 Å². The first-order chi connectivity index (χ1) is 28.4. The maximum Gasteiger partial charge on any atom is 0.208 e. The van der Waals surface area contributed by atoms with Crippen molar-refractivity contribution in [3.05, 3.63) is 51.3 Å². The molecule has 0 aliphatic rings. The first kappa shape index (κ1) is 41.4. The molecule has 5 aromatic carbocycles. The standard InChI is InChI=1S/C38H30O23/c1-3-6(17(41)5(2)39)9(12-22(46)30(54)34(58)31(55)23(12)47)11-8(40)4-7(10-20(44)28(52)33(57)29(53)21(10)45)18(42)13(11)19(43)16-26(50)27(51)24(48)14-15-25(49)32(56)35(59)36(60)38(15)61-37(14)16/h4,39-60H,2-3H2,1H3/b11-9+,17-6-,19-13+. The van der Waals surface area contributed by atoms with Crippen molar-refractivity contribution in [2.24, 2.45) is 0 Å². The summed E-state index contributed by atoms with van der Waals surface area (Å²) in [6.07, 6.45) is -0.643. The van der Waals surface area contributed by atoms with Crippen LogP contribution in [0, 0.1) is 0 Å². The lowest BCUT2D eigenvalue weighted by molar-refractivity contribution is 0.323. The van der Waals surface area contributed by atoms with Gasteiger partial charge in [0.1, 0.15) is 28.6 Å². The molecule has 6 aromatic rings. The van der Waals surface area contributed by atoms with Crippen molar-refractivity contribution in [1.82, 2.24) is 0 Å². The molecule has 23 heteroatoms. The topological polar surface area (TPSA) is 458 Å². The van der Waals surface area contributed by atoms with Gasteiger partial charge in [-0.1, -0.05) is 13.5 Å². The summed E-state index contributed by atoms with van der Waals surface area (Å²) >= 11 is 0. The maximum absolute atomic E-state index is 12.3. The molecule has 0 radical (unpaired) electrons. The zero-order valence-electron chi connectivity index (χ0n) is 30.2. The summed E-state index contributed by atoms with van der Waals surface area (Å²) in [7, 11) is 0. The van der Waals surface area contributed by atoms with Gasteiger partial charge in [-0.3, -0.25) is 0 Å². The van der Waals surface area contributed by atoms with E-state index in [9.17, 15) is 112 Å². The van der Waals surface area contributed by atoms with Crippen LogP contribution in [0.15, 0.2) is 34.2 Å². The number of hydrogen-bond donors (Lipinski definition) is 22. The number of furan rings is 1. The fraction of sp³-hybridized carbons (Fsp3) is 0.0526. The van der Waals surface area contributed by atoms with Crippen LogP contribution in [0.4, 0.5) is 0 Å². The lowest BCUT2D eigenvalue weighted by Gasteiger charge is -2.20. The normalized spacial score (nSPS) is 13.1. The number of phenols is 19. The molecule has 320 valence electrons. The van der Waals surface area contributed by atoms with E-state index in [4.69, 9.17) is 4.42 Å². The highest BCUT2D eigenvalue weighted by Gasteiger charge is 2.36. The average molecular weight is 855 g/mol. The minimum atomic E-state index is -1.78. The summed E-state index contributed by atoms with van der Waals surface area (Å²) in [5.41, 5.74) is -9.35. The number of phenolic OH excluding ortho intramolecular Hbond substituents is 19. The first-order valence-electron chi connectivity index (χ1n) is 16.6. The van der Waals surface area contributed by atoms with Gasteiger partial charge in [-0.05, 0) is 12.5 Å². The van der Waals surface area contributed by atoms with Crippen molar-refractivity contribution in [3.63, 3.8) is 0 Å². The molecule has 0 unspecified atom stereocenters. The summed E-state index contributed by atoms with van der Waals surface area (Å²) in [6.45, 7) is 4.33. The molecule has 0 saturated heterocycles. The van der Waals surface area contributed by atoms with E-state index >= 15 is 0 Å². The van der Waals surface area contributed by atoms with Crippen LogP contribution >= 0.6 is 0 Å². The largest absolute Gasteiger partial charge is 0.507 e. The third-order valence-electron chi connectivity index (χ3n) is 9.66. The van der Waals surface area contributed by atoms with Crippen molar-refractivity contribution in [2.75, 3.05) is 0 Å². The fourth-order valence-electron chi connectivity index (χ4n) is 6.74. The highest BCUT2D eigenvalue weighted by molar-refractivity contribution is 6.18. The number of fused-ring (bicyclic) bond motifs is 3. The van der Waals surface area contributed by atoms with Gasteiger partial charge in [0.05, 0.1) is 27.1 Å². The molecular weight excluding hydrogens is 824 g/mol. The zero-order valence-corrected chi connectivity index (χ0v) is 30.2. The summed E-state index contributed by atoms with van der Waals surface area (Å²) in [5.74, 6) is -33.5. The van der Waals surface area contributed by atoms with Gasteiger partial charge in [-0.2, -0.15) is 0 Å². The quantitative estimate of drug-likeness (QED) is 0.0495. The highest BCUT2D eigenvalue weighted by Crippen LogP contribution is 2.59. The molecule has 0 fully saturated rings. The molecule has 1 aromatic heterocycles. The molecule has 61 heavy (non-hydrogen) atoms. The van der Waals surface area contributed by atoms with Crippen LogP contribution in [0.5, 0.6) is 109 Å². The van der Waals surface area contributed by atoms with Gasteiger partial charge < -0.3 is 117 Å². The van der Waals surface area contributed by atoms with E-state index in [1.807, 2.05) is 0 Å². The molecule has 0 amide bonds.